The minimum absolute atomic E-state index is 0.620. The number of halogens is 1. The van der Waals surface area contributed by atoms with Gasteiger partial charge in [-0.1, -0.05) is 39.7 Å². The molecular weight excluding hydrogens is 288 g/mol. The fourth-order valence-corrected chi connectivity index (χ4v) is 2.07. The SMILES string of the molecule is Cc1ccc(C)c(COc2ccc(Br)c(C)c2)c1. The Balaban J connectivity index is 2.11. The lowest BCUT2D eigenvalue weighted by molar-refractivity contribution is 0.305. The Labute approximate surface area is 117 Å². The molecule has 0 aromatic heterocycles. The number of hydrogen-bond acceptors (Lipinski definition) is 1. The van der Waals surface area contributed by atoms with Crippen LogP contribution in [0.4, 0.5) is 0 Å². The van der Waals surface area contributed by atoms with E-state index in [1.54, 1.807) is 0 Å². The molecule has 0 N–H and O–H groups in total. The summed E-state index contributed by atoms with van der Waals surface area (Å²) in [5.41, 5.74) is 4.98. The van der Waals surface area contributed by atoms with Crippen molar-refractivity contribution in [3.63, 3.8) is 0 Å². The first kappa shape index (κ1) is 13.2. The van der Waals surface area contributed by atoms with Crippen LogP contribution in [0.2, 0.25) is 0 Å². The summed E-state index contributed by atoms with van der Waals surface area (Å²) in [6.07, 6.45) is 0. The molecule has 2 heteroatoms. The topological polar surface area (TPSA) is 9.23 Å². The van der Waals surface area contributed by atoms with Gasteiger partial charge in [0.05, 0.1) is 0 Å². The summed E-state index contributed by atoms with van der Waals surface area (Å²) in [5.74, 6) is 0.914. The van der Waals surface area contributed by atoms with Crippen LogP contribution in [0.25, 0.3) is 0 Å². The standard InChI is InChI=1S/C16H17BrO/c1-11-4-5-12(2)14(8-11)10-18-15-6-7-16(17)13(3)9-15/h4-9H,10H2,1-3H3. The molecule has 1 nitrogen and oxygen atoms in total. The maximum absolute atomic E-state index is 5.84. The van der Waals surface area contributed by atoms with E-state index in [0.717, 1.165) is 10.2 Å². The minimum atomic E-state index is 0.620. The zero-order chi connectivity index (χ0) is 13.1. The van der Waals surface area contributed by atoms with E-state index in [4.69, 9.17) is 4.74 Å². The van der Waals surface area contributed by atoms with E-state index >= 15 is 0 Å². The lowest BCUT2D eigenvalue weighted by Crippen LogP contribution is -1.98. The summed E-state index contributed by atoms with van der Waals surface area (Å²) in [6, 6.07) is 12.5. The smallest absolute Gasteiger partial charge is 0.120 e. The van der Waals surface area contributed by atoms with Crippen molar-refractivity contribution in [1.82, 2.24) is 0 Å². The predicted molar refractivity (Wildman–Crippen MR) is 79.1 cm³/mol. The van der Waals surface area contributed by atoms with Crippen molar-refractivity contribution in [3.8, 4) is 5.75 Å². The van der Waals surface area contributed by atoms with Crippen molar-refractivity contribution in [2.24, 2.45) is 0 Å². The van der Waals surface area contributed by atoms with Crippen molar-refractivity contribution in [2.75, 3.05) is 0 Å². The molecular formula is C16H17BrO. The van der Waals surface area contributed by atoms with E-state index in [9.17, 15) is 0 Å². The Morgan fingerprint density at radius 1 is 0.944 bits per heavy atom. The molecule has 94 valence electrons. The first-order valence-corrected chi connectivity index (χ1v) is 6.80. The van der Waals surface area contributed by atoms with E-state index in [1.807, 2.05) is 12.1 Å². The van der Waals surface area contributed by atoms with Gasteiger partial charge in [-0.25, -0.2) is 0 Å². The Morgan fingerprint density at radius 3 is 2.44 bits per heavy atom. The van der Waals surface area contributed by atoms with Gasteiger partial charge in [-0.3, -0.25) is 0 Å². The number of benzene rings is 2. The Bertz CT molecular complexity index is 561. The molecule has 2 rings (SSSR count). The van der Waals surface area contributed by atoms with E-state index in [-0.39, 0.29) is 0 Å². The largest absolute Gasteiger partial charge is 0.489 e. The molecule has 0 amide bonds. The summed E-state index contributed by atoms with van der Waals surface area (Å²) in [5, 5.41) is 0. The summed E-state index contributed by atoms with van der Waals surface area (Å²) in [6.45, 7) is 6.90. The summed E-state index contributed by atoms with van der Waals surface area (Å²) in [7, 11) is 0. The van der Waals surface area contributed by atoms with Gasteiger partial charge in [-0.15, -0.1) is 0 Å². The average molecular weight is 305 g/mol. The van der Waals surface area contributed by atoms with Gasteiger partial charge in [-0.05, 0) is 55.7 Å². The van der Waals surface area contributed by atoms with Gasteiger partial charge in [0.15, 0.2) is 0 Å². The second-order valence-corrected chi connectivity index (χ2v) is 5.48. The molecule has 2 aromatic carbocycles. The molecule has 0 heterocycles. The molecule has 0 aliphatic heterocycles. The lowest BCUT2D eigenvalue weighted by Gasteiger charge is -2.10. The van der Waals surface area contributed by atoms with Crippen molar-refractivity contribution in [3.05, 3.63) is 63.1 Å². The third-order valence-electron chi connectivity index (χ3n) is 3.03. The van der Waals surface area contributed by atoms with E-state index in [1.165, 1.54) is 22.3 Å². The second-order valence-electron chi connectivity index (χ2n) is 4.63. The first-order chi connectivity index (χ1) is 8.56. The first-order valence-electron chi connectivity index (χ1n) is 6.01. The maximum Gasteiger partial charge on any atom is 0.120 e. The maximum atomic E-state index is 5.84. The Kier molecular flexibility index (Phi) is 4.07. The molecule has 0 radical (unpaired) electrons. The van der Waals surface area contributed by atoms with Crippen LogP contribution in [-0.4, -0.2) is 0 Å². The predicted octanol–water partition coefficient (Wildman–Crippen LogP) is 4.95. The minimum Gasteiger partial charge on any atom is -0.489 e. The molecule has 0 aliphatic carbocycles. The molecule has 0 bridgehead atoms. The second kappa shape index (κ2) is 5.57. The zero-order valence-corrected chi connectivity index (χ0v) is 12.5. The zero-order valence-electron chi connectivity index (χ0n) is 11.0. The van der Waals surface area contributed by atoms with Crippen LogP contribution in [0.5, 0.6) is 5.75 Å². The Hall–Kier alpha value is -1.28. The molecule has 0 unspecified atom stereocenters. The fourth-order valence-electron chi connectivity index (χ4n) is 1.82. The monoisotopic (exact) mass is 304 g/mol. The van der Waals surface area contributed by atoms with Crippen LogP contribution in [0.15, 0.2) is 40.9 Å². The van der Waals surface area contributed by atoms with Crippen LogP contribution in [0, 0.1) is 20.8 Å². The van der Waals surface area contributed by atoms with E-state index in [0.29, 0.717) is 6.61 Å². The number of aryl methyl sites for hydroxylation is 3. The highest BCUT2D eigenvalue weighted by atomic mass is 79.9. The van der Waals surface area contributed by atoms with Crippen LogP contribution in [0.1, 0.15) is 22.3 Å². The van der Waals surface area contributed by atoms with Gasteiger partial charge in [0.2, 0.25) is 0 Å². The quantitative estimate of drug-likeness (QED) is 0.779. The van der Waals surface area contributed by atoms with Crippen LogP contribution >= 0.6 is 15.9 Å². The highest BCUT2D eigenvalue weighted by Gasteiger charge is 2.02. The molecule has 0 aliphatic rings. The molecule has 0 saturated heterocycles. The molecule has 0 fully saturated rings. The Morgan fingerprint density at radius 2 is 1.72 bits per heavy atom. The van der Waals surface area contributed by atoms with Crippen LogP contribution < -0.4 is 4.74 Å². The van der Waals surface area contributed by atoms with E-state index < -0.39 is 0 Å². The molecule has 0 saturated carbocycles. The van der Waals surface area contributed by atoms with Gasteiger partial charge in [0.1, 0.15) is 12.4 Å². The van der Waals surface area contributed by atoms with Gasteiger partial charge in [0, 0.05) is 4.47 Å². The van der Waals surface area contributed by atoms with Crippen molar-refractivity contribution in [1.29, 1.82) is 0 Å². The third kappa shape index (κ3) is 3.14. The summed E-state index contributed by atoms with van der Waals surface area (Å²) < 4.78 is 6.96. The number of ether oxygens (including phenoxy) is 1. The number of rotatable bonds is 3. The normalized spacial score (nSPS) is 10.4. The van der Waals surface area contributed by atoms with Crippen molar-refractivity contribution < 1.29 is 4.74 Å². The van der Waals surface area contributed by atoms with Crippen LogP contribution in [-0.2, 0) is 6.61 Å². The van der Waals surface area contributed by atoms with Gasteiger partial charge in [-0.2, -0.15) is 0 Å². The summed E-state index contributed by atoms with van der Waals surface area (Å²) >= 11 is 3.49. The third-order valence-corrected chi connectivity index (χ3v) is 3.92. The van der Waals surface area contributed by atoms with Gasteiger partial charge in [0.25, 0.3) is 0 Å². The molecule has 0 atom stereocenters. The fraction of sp³-hybridized carbons (Fsp3) is 0.250. The molecule has 0 spiro atoms. The van der Waals surface area contributed by atoms with Crippen LogP contribution in [0.3, 0.4) is 0 Å². The lowest BCUT2D eigenvalue weighted by atomic mass is 10.1. The molecule has 18 heavy (non-hydrogen) atoms. The van der Waals surface area contributed by atoms with Gasteiger partial charge >= 0.3 is 0 Å². The average Bonchev–Trinajstić information content (AvgIpc) is 2.34. The van der Waals surface area contributed by atoms with E-state index in [2.05, 4.69) is 61.0 Å². The van der Waals surface area contributed by atoms with Crippen molar-refractivity contribution >= 4 is 15.9 Å². The highest BCUT2D eigenvalue weighted by Crippen LogP contribution is 2.22. The number of hydrogen-bond donors (Lipinski definition) is 0. The van der Waals surface area contributed by atoms with Gasteiger partial charge < -0.3 is 4.74 Å². The van der Waals surface area contributed by atoms with Crippen molar-refractivity contribution in [2.45, 2.75) is 27.4 Å². The molecule has 2 aromatic rings. The highest BCUT2D eigenvalue weighted by molar-refractivity contribution is 9.10. The summed E-state index contributed by atoms with van der Waals surface area (Å²) in [4.78, 5) is 0.